The van der Waals surface area contributed by atoms with Gasteiger partial charge in [0.25, 0.3) is 21.6 Å². The molecule has 0 saturated carbocycles. The van der Waals surface area contributed by atoms with Crippen LogP contribution in [0.4, 0.5) is 5.69 Å². The molecular formula is C27H27N3O10S4. The molecule has 3 N–H and O–H groups in total. The van der Waals surface area contributed by atoms with Gasteiger partial charge in [-0.05, 0) is 55.2 Å². The van der Waals surface area contributed by atoms with E-state index in [1.54, 1.807) is 29.2 Å². The molecule has 1 aromatic carbocycles. The number of carbonyl (C=O) groups excluding carboxylic acids is 1. The summed E-state index contributed by atoms with van der Waals surface area (Å²) in [6.07, 6.45) is 5.52. The fraction of sp³-hybridized carbons (Fsp3) is 0.296. The maximum atomic E-state index is 13.3. The van der Waals surface area contributed by atoms with Crippen LogP contribution in [0.3, 0.4) is 0 Å². The maximum Gasteiger partial charge on any atom is 0.323 e. The molecule has 1 saturated heterocycles. The van der Waals surface area contributed by atoms with Crippen molar-refractivity contribution >= 4 is 84.3 Å². The smallest absolute Gasteiger partial charge is 0.323 e. The van der Waals surface area contributed by atoms with Gasteiger partial charge in [-0.25, -0.2) is 0 Å². The lowest BCUT2D eigenvalue weighted by molar-refractivity contribution is -0.140. The van der Waals surface area contributed by atoms with E-state index < -0.39 is 52.4 Å². The number of thiazole rings is 1. The topological polar surface area (TPSA) is 184 Å². The Labute approximate surface area is 264 Å². The van der Waals surface area contributed by atoms with E-state index in [-0.39, 0.29) is 31.4 Å². The van der Waals surface area contributed by atoms with Gasteiger partial charge >= 0.3 is 11.9 Å². The van der Waals surface area contributed by atoms with Crippen LogP contribution in [0.15, 0.2) is 46.6 Å². The van der Waals surface area contributed by atoms with Crippen molar-refractivity contribution in [1.29, 1.82) is 0 Å². The van der Waals surface area contributed by atoms with Gasteiger partial charge in [0.1, 0.15) is 27.0 Å². The van der Waals surface area contributed by atoms with E-state index in [0.29, 0.717) is 23.6 Å². The Balaban J connectivity index is 1.76. The Hall–Kier alpha value is -3.77. The first-order valence-electron chi connectivity index (χ1n) is 13.0. The second-order valence-electron chi connectivity index (χ2n) is 9.65. The molecule has 2 aliphatic heterocycles. The average Bonchev–Trinajstić information content (AvgIpc) is 3.52. The van der Waals surface area contributed by atoms with Gasteiger partial charge in [0.15, 0.2) is 5.75 Å². The zero-order valence-corrected chi connectivity index (χ0v) is 26.6. The van der Waals surface area contributed by atoms with Crippen LogP contribution in [0.1, 0.15) is 25.3 Å². The molecule has 1 amide bonds. The molecule has 44 heavy (non-hydrogen) atoms. The van der Waals surface area contributed by atoms with E-state index in [4.69, 9.17) is 26.6 Å². The number of amides is 1. The number of thiocarbonyl (C=S) groups is 1. The number of aliphatic carboxylic acids is 2. The Bertz CT molecular complexity index is 1910. The highest BCUT2D eigenvalue weighted by atomic mass is 32.2. The lowest BCUT2D eigenvalue weighted by atomic mass is 10.2. The van der Waals surface area contributed by atoms with Gasteiger partial charge in [-0.1, -0.05) is 43.0 Å². The minimum absolute atomic E-state index is 0.0182. The van der Waals surface area contributed by atoms with E-state index in [0.717, 1.165) is 43.8 Å². The standard InChI is InChI=1S/C27H27N3O10S4/c1-3-16(6-8-20-28(9-4-10-44(37,38)39)17-11-15(2)5-7-18(17)40-20)12-19-24(35)29(13-21(31)32)26(42-19)23-25(36)30(14-22(33)34)27(41)43-23/h5-8,11-12H,3-4,9-10,13-14H2,1-2H3,(H,31,32)(H,33,34)(H,37,38,39)/b16-6?,19-12?,20-8?,26-23+. The number of thioether (sulfide) groups is 1. The molecule has 0 bridgehead atoms. The fourth-order valence-corrected chi connectivity index (χ4v) is 7.37. The summed E-state index contributed by atoms with van der Waals surface area (Å²) in [6.45, 7) is 2.59. The minimum atomic E-state index is -4.15. The minimum Gasteiger partial charge on any atom is -0.480 e. The lowest BCUT2D eigenvalue weighted by Gasteiger charge is -2.18. The Morgan fingerprint density at radius 2 is 1.82 bits per heavy atom. The number of carboxylic acid groups (broad SMARTS) is 2. The van der Waals surface area contributed by atoms with Gasteiger partial charge in [-0.15, -0.1) is 11.3 Å². The number of benzene rings is 1. The molecule has 13 nitrogen and oxygen atoms in total. The van der Waals surface area contributed by atoms with E-state index in [1.807, 2.05) is 26.0 Å². The molecule has 0 unspecified atom stereocenters. The van der Waals surface area contributed by atoms with Crippen LogP contribution in [0.25, 0.3) is 11.0 Å². The molecule has 234 valence electrons. The van der Waals surface area contributed by atoms with Gasteiger partial charge in [-0.2, -0.15) is 8.42 Å². The van der Waals surface area contributed by atoms with Crippen molar-refractivity contribution in [3.8, 4) is 5.75 Å². The second kappa shape index (κ2) is 13.5. The highest BCUT2D eigenvalue weighted by Gasteiger charge is 2.35. The Morgan fingerprint density at radius 1 is 1.11 bits per heavy atom. The first-order valence-corrected chi connectivity index (χ1v) is 16.7. The zero-order valence-electron chi connectivity index (χ0n) is 23.4. The first kappa shape index (κ1) is 33.1. The molecule has 2 aromatic rings. The van der Waals surface area contributed by atoms with E-state index in [2.05, 4.69) is 0 Å². The lowest BCUT2D eigenvalue weighted by Crippen LogP contribution is -2.36. The predicted molar refractivity (Wildman–Crippen MR) is 170 cm³/mol. The number of allylic oxidation sites excluding steroid dienone is 3. The second-order valence-corrected chi connectivity index (χ2v) is 13.9. The predicted octanol–water partition coefficient (Wildman–Crippen LogP) is 1.49. The van der Waals surface area contributed by atoms with Crippen molar-refractivity contribution < 1.29 is 42.3 Å². The highest BCUT2D eigenvalue weighted by molar-refractivity contribution is 8.30. The number of carbonyl (C=O) groups is 3. The van der Waals surface area contributed by atoms with Gasteiger partial charge in [0.05, 0.1) is 16.0 Å². The van der Waals surface area contributed by atoms with Crippen LogP contribution in [-0.4, -0.2) is 73.7 Å². The molecule has 3 heterocycles. The van der Waals surface area contributed by atoms with Crippen molar-refractivity contribution in [2.75, 3.05) is 23.7 Å². The molecule has 4 rings (SSSR count). The summed E-state index contributed by atoms with van der Waals surface area (Å²) in [7, 11) is -4.15. The molecule has 0 aliphatic carbocycles. The summed E-state index contributed by atoms with van der Waals surface area (Å²) in [5, 5.41) is 18.6. The first-order chi connectivity index (χ1) is 20.7. The molecule has 1 aromatic heterocycles. The number of anilines is 1. The molecule has 1 fully saturated rings. The molecule has 17 heteroatoms. The summed E-state index contributed by atoms with van der Waals surface area (Å²) in [6, 6.07) is 5.55. The third kappa shape index (κ3) is 7.65. The van der Waals surface area contributed by atoms with Crippen LogP contribution in [0.5, 0.6) is 5.75 Å². The largest absolute Gasteiger partial charge is 0.480 e. The van der Waals surface area contributed by atoms with E-state index in [9.17, 15) is 32.7 Å². The number of nitrogens with zero attached hydrogens (tertiary/aromatic N) is 3. The van der Waals surface area contributed by atoms with Crippen molar-refractivity contribution in [3.05, 3.63) is 66.9 Å². The number of aryl methyl sites for hydroxylation is 1. The number of aromatic nitrogens is 1. The molecule has 2 aliphatic rings. The number of carboxylic acids is 2. The van der Waals surface area contributed by atoms with Gasteiger partial charge in [-0.3, -0.25) is 33.2 Å². The van der Waals surface area contributed by atoms with Crippen LogP contribution >= 0.6 is 35.3 Å². The van der Waals surface area contributed by atoms with Crippen LogP contribution < -0.4 is 24.4 Å². The summed E-state index contributed by atoms with van der Waals surface area (Å²) < 4.78 is 38.8. The quantitative estimate of drug-likeness (QED) is 0.229. The van der Waals surface area contributed by atoms with Crippen LogP contribution in [-0.2, 0) is 31.0 Å². The van der Waals surface area contributed by atoms with Gasteiger partial charge in [0, 0.05) is 6.54 Å². The Morgan fingerprint density at radius 3 is 2.45 bits per heavy atom. The van der Waals surface area contributed by atoms with Gasteiger partial charge < -0.3 is 19.8 Å². The number of hydrogen-bond acceptors (Lipinski definition) is 11. The molecule has 0 atom stereocenters. The number of rotatable bonds is 11. The molecular weight excluding hydrogens is 655 g/mol. The third-order valence-corrected chi connectivity index (χ3v) is 9.87. The molecule has 0 spiro atoms. The van der Waals surface area contributed by atoms with Crippen LogP contribution in [0, 0.1) is 6.92 Å². The summed E-state index contributed by atoms with van der Waals surface area (Å²) >= 11 is 6.85. The summed E-state index contributed by atoms with van der Waals surface area (Å²) in [5.41, 5.74) is 1.69. The van der Waals surface area contributed by atoms with Crippen molar-refractivity contribution in [2.24, 2.45) is 0 Å². The third-order valence-electron chi connectivity index (χ3n) is 6.37. The number of ether oxygens (including phenoxy) is 1. The van der Waals surface area contributed by atoms with Crippen molar-refractivity contribution in [1.82, 2.24) is 9.47 Å². The fourth-order valence-electron chi connectivity index (χ4n) is 4.35. The summed E-state index contributed by atoms with van der Waals surface area (Å²) in [5.74, 6) is -2.78. The van der Waals surface area contributed by atoms with Crippen LogP contribution in [0.2, 0.25) is 0 Å². The number of hydrogen-bond donors (Lipinski definition) is 3. The average molecular weight is 682 g/mol. The van der Waals surface area contributed by atoms with Crippen molar-refractivity contribution in [3.63, 3.8) is 0 Å². The van der Waals surface area contributed by atoms with E-state index in [1.165, 1.54) is 0 Å². The SMILES string of the molecule is CCC(=CC=C1Oc2ccc(C)cc2N1CCCS(=O)(=O)O)C=c1s/c(=C2/SC(=S)N(CC(=O)O)C2=O)n(CC(=O)O)c1=O. The van der Waals surface area contributed by atoms with Crippen molar-refractivity contribution in [2.45, 2.75) is 33.2 Å². The van der Waals surface area contributed by atoms with Gasteiger partial charge in [0.2, 0.25) is 5.88 Å². The zero-order chi connectivity index (χ0) is 32.3. The monoisotopic (exact) mass is 681 g/mol. The maximum absolute atomic E-state index is 13.3. The van der Waals surface area contributed by atoms with E-state index >= 15 is 0 Å². The normalized spacial score (nSPS) is 17.9. The highest BCUT2D eigenvalue weighted by Crippen LogP contribution is 2.39. The number of fused-ring (bicyclic) bond motifs is 1. The molecule has 0 radical (unpaired) electrons. The Kier molecular flexibility index (Phi) is 10.1. The summed E-state index contributed by atoms with van der Waals surface area (Å²) in [4.78, 5) is 51.7.